The average Bonchev–Trinajstić information content (AvgIpc) is 3.36. The molecule has 5 heteroatoms. The number of hydrogen-bond acceptors (Lipinski definition) is 5. The summed E-state index contributed by atoms with van der Waals surface area (Å²) in [7, 11) is 3.80. The van der Waals surface area contributed by atoms with E-state index in [0.29, 0.717) is 64.6 Å². The van der Waals surface area contributed by atoms with Crippen molar-refractivity contribution in [1.29, 1.82) is 0 Å². The van der Waals surface area contributed by atoms with Crippen molar-refractivity contribution >= 4 is 5.97 Å². The van der Waals surface area contributed by atoms with Crippen molar-refractivity contribution in [2.75, 3.05) is 20.8 Å². The number of esters is 1. The van der Waals surface area contributed by atoms with E-state index in [1.165, 1.54) is 32.1 Å². The summed E-state index contributed by atoms with van der Waals surface area (Å²) in [4.78, 5) is 12.9. The SMILES string of the molecule is CCOC1(OC)CC[C@]2(C)C3CC[C@@]4(C)C(CC[C@@H]4[C@H](C)CC[C@@H](OC(=O)c4ccccc4)C(C)C)C3[C@H](OC)C[C@H]2C1. The lowest BCUT2D eigenvalue weighted by molar-refractivity contribution is -0.279. The fourth-order valence-electron chi connectivity index (χ4n) is 10.9. The lowest BCUT2D eigenvalue weighted by Crippen LogP contribution is -2.61. The summed E-state index contributed by atoms with van der Waals surface area (Å²) in [6, 6.07) is 9.43. The van der Waals surface area contributed by atoms with Gasteiger partial charge in [-0.3, -0.25) is 0 Å². The first-order valence-corrected chi connectivity index (χ1v) is 17.5. The standard InChI is InChI=1S/C38H60O5/c1-9-42-38(41-8)22-21-36(5)28(24-38)23-33(40-7)34-30-17-16-29(37(30,6)20-19-31(34)36)26(4)15-18-32(25(2)3)43-35(39)27-13-11-10-12-14-27/h10-14,25-26,28-34H,9,15-24H2,1-8H3/t26-,28+,29-,30?,31?,32-,33-,34?,36+,37-,38?/m1/s1. The largest absolute Gasteiger partial charge is 0.459 e. The molecular weight excluding hydrogens is 536 g/mol. The van der Waals surface area contributed by atoms with Gasteiger partial charge in [-0.15, -0.1) is 0 Å². The van der Waals surface area contributed by atoms with Crippen LogP contribution in [-0.2, 0) is 18.9 Å². The molecular formula is C38H60O5. The van der Waals surface area contributed by atoms with Crippen LogP contribution in [0.5, 0.6) is 0 Å². The van der Waals surface area contributed by atoms with Crippen molar-refractivity contribution in [2.24, 2.45) is 52.3 Å². The second-order valence-corrected chi connectivity index (χ2v) is 15.6. The molecule has 0 heterocycles. The van der Waals surface area contributed by atoms with Gasteiger partial charge in [-0.1, -0.05) is 52.8 Å². The number of fused-ring (bicyclic) bond motifs is 5. The molecule has 0 spiro atoms. The van der Waals surface area contributed by atoms with Crippen LogP contribution >= 0.6 is 0 Å². The predicted octanol–water partition coefficient (Wildman–Crippen LogP) is 8.95. The summed E-state index contributed by atoms with van der Waals surface area (Å²) in [6.45, 7) is 14.9. The Bertz CT molecular complexity index is 1070. The van der Waals surface area contributed by atoms with Crippen LogP contribution in [0.4, 0.5) is 0 Å². The molecule has 0 aliphatic heterocycles. The molecule has 11 atom stereocenters. The van der Waals surface area contributed by atoms with Crippen LogP contribution in [0.25, 0.3) is 0 Å². The van der Waals surface area contributed by atoms with E-state index in [9.17, 15) is 4.79 Å². The molecule has 1 aromatic rings. The summed E-state index contributed by atoms with van der Waals surface area (Å²) < 4.78 is 24.8. The van der Waals surface area contributed by atoms with Gasteiger partial charge in [0.1, 0.15) is 6.10 Å². The highest BCUT2D eigenvalue weighted by atomic mass is 16.7. The van der Waals surface area contributed by atoms with E-state index in [1.807, 2.05) is 44.6 Å². The lowest BCUT2D eigenvalue weighted by atomic mass is 9.43. The molecule has 4 fully saturated rings. The van der Waals surface area contributed by atoms with Crippen molar-refractivity contribution in [2.45, 2.75) is 124 Å². The minimum Gasteiger partial charge on any atom is -0.459 e. The molecule has 5 nitrogen and oxygen atoms in total. The fourth-order valence-corrected chi connectivity index (χ4v) is 10.9. The van der Waals surface area contributed by atoms with Gasteiger partial charge in [0.2, 0.25) is 0 Å². The lowest BCUT2D eigenvalue weighted by Gasteiger charge is -2.64. The molecule has 0 bridgehead atoms. The number of rotatable bonds is 11. The molecule has 0 aromatic heterocycles. The molecule has 4 aliphatic carbocycles. The zero-order valence-electron chi connectivity index (χ0n) is 28.4. The number of carbonyl (C=O) groups is 1. The molecule has 0 radical (unpaired) electrons. The Balaban J connectivity index is 1.27. The maximum Gasteiger partial charge on any atom is 0.338 e. The van der Waals surface area contributed by atoms with Gasteiger partial charge in [0.25, 0.3) is 0 Å². The Morgan fingerprint density at radius 3 is 2.30 bits per heavy atom. The smallest absolute Gasteiger partial charge is 0.338 e. The second kappa shape index (κ2) is 13.1. The van der Waals surface area contributed by atoms with Crippen molar-refractivity contribution in [1.82, 2.24) is 0 Å². The summed E-state index contributed by atoms with van der Waals surface area (Å²) in [5.41, 5.74) is 1.32. The van der Waals surface area contributed by atoms with Gasteiger partial charge in [0.15, 0.2) is 5.79 Å². The molecule has 4 unspecified atom stereocenters. The van der Waals surface area contributed by atoms with Crippen LogP contribution in [-0.4, -0.2) is 44.8 Å². The van der Waals surface area contributed by atoms with Gasteiger partial charge >= 0.3 is 5.97 Å². The van der Waals surface area contributed by atoms with Crippen molar-refractivity contribution in [3.63, 3.8) is 0 Å². The molecule has 4 saturated carbocycles. The van der Waals surface area contributed by atoms with Gasteiger partial charge in [-0.05, 0) is 123 Å². The van der Waals surface area contributed by atoms with E-state index in [4.69, 9.17) is 18.9 Å². The third kappa shape index (κ3) is 6.09. The molecule has 242 valence electrons. The van der Waals surface area contributed by atoms with E-state index in [2.05, 4.69) is 41.5 Å². The Kier molecular flexibility index (Phi) is 10.1. The first kappa shape index (κ1) is 32.9. The molecule has 5 rings (SSSR count). The summed E-state index contributed by atoms with van der Waals surface area (Å²) in [5, 5.41) is 0. The minimum absolute atomic E-state index is 0.0498. The Labute approximate surface area is 262 Å². The minimum atomic E-state index is -0.426. The number of ether oxygens (including phenoxy) is 4. The van der Waals surface area contributed by atoms with Gasteiger partial charge in [0.05, 0.1) is 11.7 Å². The quantitative estimate of drug-likeness (QED) is 0.189. The average molecular weight is 597 g/mol. The van der Waals surface area contributed by atoms with Crippen LogP contribution in [0.15, 0.2) is 30.3 Å². The van der Waals surface area contributed by atoms with Crippen LogP contribution in [0.1, 0.15) is 116 Å². The predicted molar refractivity (Wildman–Crippen MR) is 172 cm³/mol. The van der Waals surface area contributed by atoms with Crippen molar-refractivity contribution < 1.29 is 23.7 Å². The Morgan fingerprint density at radius 1 is 0.930 bits per heavy atom. The first-order chi connectivity index (χ1) is 20.5. The summed E-state index contributed by atoms with van der Waals surface area (Å²) >= 11 is 0. The molecule has 0 amide bonds. The van der Waals surface area contributed by atoms with Gasteiger partial charge in [-0.25, -0.2) is 4.79 Å². The number of benzene rings is 1. The first-order valence-electron chi connectivity index (χ1n) is 17.5. The maximum atomic E-state index is 12.9. The van der Waals surface area contributed by atoms with Gasteiger partial charge < -0.3 is 18.9 Å². The number of hydrogen-bond donors (Lipinski definition) is 0. The highest BCUT2D eigenvalue weighted by Gasteiger charge is 2.64. The van der Waals surface area contributed by atoms with E-state index >= 15 is 0 Å². The van der Waals surface area contributed by atoms with Gasteiger partial charge in [0, 0.05) is 33.7 Å². The monoisotopic (exact) mass is 596 g/mol. The molecule has 0 N–H and O–H groups in total. The summed E-state index contributed by atoms with van der Waals surface area (Å²) in [6.07, 6.45) is 11.9. The van der Waals surface area contributed by atoms with Crippen LogP contribution in [0, 0.1) is 52.3 Å². The molecule has 43 heavy (non-hydrogen) atoms. The van der Waals surface area contributed by atoms with E-state index in [1.54, 1.807) is 0 Å². The maximum absolute atomic E-state index is 12.9. The normalized spacial score (nSPS) is 40.3. The van der Waals surface area contributed by atoms with Gasteiger partial charge in [-0.2, -0.15) is 0 Å². The van der Waals surface area contributed by atoms with E-state index in [0.717, 1.165) is 38.0 Å². The Hall–Kier alpha value is -1.43. The highest BCUT2D eigenvalue weighted by Crippen LogP contribution is 2.69. The van der Waals surface area contributed by atoms with Crippen molar-refractivity contribution in [3.8, 4) is 0 Å². The van der Waals surface area contributed by atoms with E-state index < -0.39 is 5.79 Å². The highest BCUT2D eigenvalue weighted by molar-refractivity contribution is 5.89. The van der Waals surface area contributed by atoms with Crippen LogP contribution in [0.3, 0.4) is 0 Å². The van der Waals surface area contributed by atoms with Crippen LogP contribution < -0.4 is 0 Å². The number of methoxy groups -OCH3 is 2. The summed E-state index contributed by atoms with van der Waals surface area (Å²) in [5.74, 6) is 3.65. The third-order valence-electron chi connectivity index (χ3n) is 13.4. The zero-order chi connectivity index (χ0) is 31.0. The topological polar surface area (TPSA) is 54.0 Å². The van der Waals surface area contributed by atoms with E-state index in [-0.39, 0.29) is 12.1 Å². The number of carbonyl (C=O) groups excluding carboxylic acids is 1. The third-order valence-corrected chi connectivity index (χ3v) is 13.4. The molecule has 1 aromatic carbocycles. The fraction of sp³-hybridized carbons (Fsp3) is 0.816. The Morgan fingerprint density at radius 2 is 1.65 bits per heavy atom. The van der Waals surface area contributed by atoms with Crippen molar-refractivity contribution in [3.05, 3.63) is 35.9 Å². The second-order valence-electron chi connectivity index (χ2n) is 15.6. The van der Waals surface area contributed by atoms with Crippen LogP contribution in [0.2, 0.25) is 0 Å². The molecule has 0 saturated heterocycles. The zero-order valence-corrected chi connectivity index (χ0v) is 28.4. The molecule has 4 aliphatic rings.